The molecule has 20 heavy (non-hydrogen) atoms. The molecule has 0 aliphatic heterocycles. The number of aryl methyl sites for hydroxylation is 1. The number of hydrogen-bond donors (Lipinski definition) is 1. The Bertz CT molecular complexity index is 704. The number of non-ortho nitro benzene ring substituents is 1. The summed E-state index contributed by atoms with van der Waals surface area (Å²) in [4.78, 5) is 21.4. The number of carboxylic acids is 1. The first-order valence-electron chi connectivity index (χ1n) is 5.01. The number of carbonyl (C=O) groups is 1. The van der Waals surface area contributed by atoms with Crippen LogP contribution in [0.3, 0.4) is 0 Å². The maximum atomic E-state index is 11.2. The second kappa shape index (κ2) is 5.43. The van der Waals surface area contributed by atoms with Crippen LogP contribution in [0.2, 0.25) is 5.02 Å². The topological polar surface area (TPSA) is 124 Å². The van der Waals surface area contributed by atoms with Gasteiger partial charge in [0, 0.05) is 24.1 Å². The summed E-state index contributed by atoms with van der Waals surface area (Å²) in [7, 11) is 1.57. The van der Waals surface area contributed by atoms with Crippen molar-refractivity contribution in [2.24, 2.45) is 7.05 Å². The van der Waals surface area contributed by atoms with Gasteiger partial charge in [0.15, 0.2) is 0 Å². The van der Waals surface area contributed by atoms with E-state index < -0.39 is 16.6 Å². The summed E-state index contributed by atoms with van der Waals surface area (Å²) in [5, 5.41) is 30.8. The zero-order chi connectivity index (χ0) is 14.9. The summed E-state index contributed by atoms with van der Waals surface area (Å²) >= 11 is 6.84. The highest BCUT2D eigenvalue weighted by Crippen LogP contribution is 2.37. The smallest absolute Gasteiger partial charge is 0.337 e. The molecule has 1 N–H and O–H groups in total. The molecular weight excluding hydrogens is 310 g/mol. The summed E-state index contributed by atoms with van der Waals surface area (Å²) in [5.74, 6) is -1.33. The third kappa shape index (κ3) is 2.70. The quantitative estimate of drug-likeness (QED) is 0.666. The van der Waals surface area contributed by atoms with Gasteiger partial charge in [-0.05, 0) is 22.2 Å². The Morgan fingerprint density at radius 1 is 1.55 bits per heavy atom. The Kier molecular flexibility index (Phi) is 3.86. The van der Waals surface area contributed by atoms with E-state index in [0.717, 1.165) is 23.9 Å². The molecule has 104 valence electrons. The number of rotatable bonds is 4. The second-order valence-electron chi connectivity index (χ2n) is 3.55. The average Bonchev–Trinajstić information content (AvgIpc) is 2.76. The Morgan fingerprint density at radius 3 is 2.75 bits per heavy atom. The number of aromatic nitrogens is 4. The van der Waals surface area contributed by atoms with Gasteiger partial charge in [0.25, 0.3) is 5.69 Å². The van der Waals surface area contributed by atoms with Crippen LogP contribution in [0.4, 0.5) is 5.69 Å². The van der Waals surface area contributed by atoms with Gasteiger partial charge in [0.2, 0.25) is 5.16 Å². The number of nitro groups is 1. The lowest BCUT2D eigenvalue weighted by Gasteiger charge is -2.06. The molecular formula is C9H6ClN5O4S. The molecule has 0 saturated heterocycles. The molecule has 0 radical (unpaired) electrons. The van der Waals surface area contributed by atoms with E-state index in [4.69, 9.17) is 16.7 Å². The van der Waals surface area contributed by atoms with Crippen LogP contribution in [0.25, 0.3) is 0 Å². The van der Waals surface area contributed by atoms with Gasteiger partial charge in [0.05, 0.1) is 15.5 Å². The van der Waals surface area contributed by atoms with E-state index in [9.17, 15) is 14.9 Å². The van der Waals surface area contributed by atoms with E-state index in [0.29, 0.717) is 5.16 Å². The molecule has 9 nitrogen and oxygen atoms in total. The maximum Gasteiger partial charge on any atom is 0.337 e. The number of tetrazole rings is 1. The highest BCUT2D eigenvalue weighted by molar-refractivity contribution is 7.99. The molecule has 0 spiro atoms. The van der Waals surface area contributed by atoms with Gasteiger partial charge in [-0.2, -0.15) is 0 Å². The summed E-state index contributed by atoms with van der Waals surface area (Å²) < 4.78 is 1.33. The van der Waals surface area contributed by atoms with Crippen molar-refractivity contribution in [1.29, 1.82) is 0 Å². The monoisotopic (exact) mass is 315 g/mol. The fourth-order valence-electron chi connectivity index (χ4n) is 1.35. The lowest BCUT2D eigenvalue weighted by atomic mass is 10.2. The van der Waals surface area contributed by atoms with Crippen molar-refractivity contribution in [2.75, 3.05) is 0 Å². The Labute approximate surface area is 120 Å². The molecule has 0 saturated carbocycles. The summed E-state index contributed by atoms with van der Waals surface area (Å²) in [6.07, 6.45) is 0. The largest absolute Gasteiger partial charge is 0.478 e. The summed E-state index contributed by atoms with van der Waals surface area (Å²) in [6.45, 7) is 0. The van der Waals surface area contributed by atoms with Gasteiger partial charge in [-0.3, -0.25) is 10.1 Å². The molecule has 1 aromatic carbocycles. The average molecular weight is 316 g/mol. The third-order valence-electron chi connectivity index (χ3n) is 2.24. The van der Waals surface area contributed by atoms with E-state index in [-0.39, 0.29) is 15.5 Å². The minimum atomic E-state index is -1.33. The van der Waals surface area contributed by atoms with Gasteiger partial charge >= 0.3 is 5.97 Å². The molecule has 0 atom stereocenters. The molecule has 0 aliphatic carbocycles. The summed E-state index contributed by atoms with van der Waals surface area (Å²) in [6, 6.07) is 2.03. The Morgan fingerprint density at radius 2 is 2.25 bits per heavy atom. The number of halogens is 1. The van der Waals surface area contributed by atoms with Crippen LogP contribution < -0.4 is 0 Å². The fourth-order valence-corrected chi connectivity index (χ4v) is 2.52. The van der Waals surface area contributed by atoms with E-state index in [2.05, 4.69) is 15.5 Å². The van der Waals surface area contributed by atoms with Crippen molar-refractivity contribution >= 4 is 35.0 Å². The minimum absolute atomic E-state index is 0.0513. The van der Waals surface area contributed by atoms with Crippen molar-refractivity contribution in [3.05, 3.63) is 32.8 Å². The predicted molar refractivity (Wildman–Crippen MR) is 68.0 cm³/mol. The van der Waals surface area contributed by atoms with Gasteiger partial charge in [0.1, 0.15) is 0 Å². The number of nitro benzene ring substituents is 1. The van der Waals surface area contributed by atoms with Gasteiger partial charge in [-0.1, -0.05) is 11.6 Å². The summed E-state index contributed by atoms with van der Waals surface area (Å²) in [5.41, 5.74) is -0.676. The lowest BCUT2D eigenvalue weighted by molar-refractivity contribution is -0.384. The molecule has 0 bridgehead atoms. The van der Waals surface area contributed by atoms with Gasteiger partial charge in [-0.15, -0.1) is 5.10 Å². The van der Waals surface area contributed by atoms with E-state index in [1.807, 2.05) is 0 Å². The number of hydrogen-bond acceptors (Lipinski definition) is 7. The fraction of sp³-hybridized carbons (Fsp3) is 0.111. The van der Waals surface area contributed by atoms with Crippen molar-refractivity contribution in [1.82, 2.24) is 20.2 Å². The van der Waals surface area contributed by atoms with E-state index in [1.54, 1.807) is 7.05 Å². The first-order chi connectivity index (χ1) is 9.40. The van der Waals surface area contributed by atoms with Crippen LogP contribution in [0.1, 0.15) is 10.4 Å². The lowest BCUT2D eigenvalue weighted by Crippen LogP contribution is -2.02. The van der Waals surface area contributed by atoms with Crippen molar-refractivity contribution in [3.63, 3.8) is 0 Å². The molecule has 0 amide bonds. The standard InChI is InChI=1S/C9H6ClN5O4S/c1-14-9(11-12-13-14)20-7-5(8(16)17)2-4(15(18)19)3-6(7)10/h2-3H,1H3,(H,16,17). The SMILES string of the molecule is Cn1nnnc1Sc1c(Cl)cc([N+](=O)[O-])cc1C(=O)O. The predicted octanol–water partition coefficient (Wildman–Crippen LogP) is 1.62. The molecule has 0 aliphatic rings. The normalized spacial score (nSPS) is 10.5. The third-order valence-corrected chi connectivity index (χ3v) is 3.83. The zero-order valence-corrected chi connectivity index (χ0v) is 11.4. The molecule has 2 rings (SSSR count). The zero-order valence-electron chi connectivity index (χ0n) is 9.85. The highest BCUT2D eigenvalue weighted by atomic mass is 35.5. The van der Waals surface area contributed by atoms with Crippen LogP contribution in [-0.2, 0) is 7.05 Å². The molecule has 0 unspecified atom stereocenters. The van der Waals surface area contributed by atoms with E-state index in [1.165, 1.54) is 4.68 Å². The van der Waals surface area contributed by atoms with E-state index >= 15 is 0 Å². The molecule has 1 heterocycles. The number of nitrogens with zero attached hydrogens (tertiary/aromatic N) is 5. The maximum absolute atomic E-state index is 11.2. The van der Waals surface area contributed by atoms with Crippen molar-refractivity contribution < 1.29 is 14.8 Å². The van der Waals surface area contributed by atoms with Crippen LogP contribution in [0.15, 0.2) is 22.2 Å². The number of benzene rings is 1. The molecule has 0 fully saturated rings. The molecule has 11 heteroatoms. The van der Waals surface area contributed by atoms with Crippen LogP contribution in [-0.4, -0.2) is 36.2 Å². The first-order valence-corrected chi connectivity index (χ1v) is 6.21. The van der Waals surface area contributed by atoms with Crippen LogP contribution in [0, 0.1) is 10.1 Å². The minimum Gasteiger partial charge on any atom is -0.478 e. The Hall–Kier alpha value is -2.20. The number of aromatic carboxylic acids is 1. The number of carboxylic acid groups (broad SMARTS) is 1. The highest BCUT2D eigenvalue weighted by Gasteiger charge is 2.22. The second-order valence-corrected chi connectivity index (χ2v) is 4.94. The van der Waals surface area contributed by atoms with Crippen LogP contribution >= 0.6 is 23.4 Å². The van der Waals surface area contributed by atoms with Gasteiger partial charge in [-0.25, -0.2) is 9.48 Å². The van der Waals surface area contributed by atoms with Gasteiger partial charge < -0.3 is 5.11 Å². The molecule has 2 aromatic rings. The first kappa shape index (κ1) is 14.2. The van der Waals surface area contributed by atoms with Crippen molar-refractivity contribution in [2.45, 2.75) is 10.1 Å². The Balaban J connectivity index is 2.54. The van der Waals surface area contributed by atoms with Crippen molar-refractivity contribution in [3.8, 4) is 0 Å². The van der Waals surface area contributed by atoms with Crippen LogP contribution in [0.5, 0.6) is 0 Å². The molecule has 1 aromatic heterocycles.